The van der Waals surface area contributed by atoms with Crippen LogP contribution in [0, 0.1) is 0 Å². The van der Waals surface area contributed by atoms with Crippen LogP contribution in [-0.2, 0) is 38.7 Å². The predicted octanol–water partition coefficient (Wildman–Crippen LogP) is -0.316. The Morgan fingerprint density at radius 2 is 1.25 bits per heavy atom. The molecule has 0 aromatic carbocycles. The van der Waals surface area contributed by atoms with E-state index < -0.39 is 0 Å². The first-order chi connectivity index (χ1) is 1.91. The quantitative estimate of drug-likeness (QED) is 0.573. The molecule has 0 aromatic rings. The summed E-state index contributed by atoms with van der Waals surface area (Å²) in [4.78, 5) is 0. The van der Waals surface area contributed by atoms with Crippen LogP contribution in [0.15, 0.2) is 0 Å². The molecule has 0 N–H and O–H groups in total. The van der Waals surface area contributed by atoms with Crippen molar-refractivity contribution in [3.05, 3.63) is 0 Å². The first-order valence-corrected chi connectivity index (χ1v) is 4.19. The van der Waals surface area contributed by atoms with Crippen molar-refractivity contribution in [1.82, 2.24) is 0 Å². The van der Waals surface area contributed by atoms with E-state index in [-0.39, 0.29) is 0 Å². The van der Waals surface area contributed by atoms with E-state index in [4.69, 9.17) is 0 Å². The van der Waals surface area contributed by atoms with Crippen LogP contribution in [0.1, 0.15) is 0 Å². The zero-order valence-corrected chi connectivity index (χ0v) is 7.84. The Bertz CT molecular complexity index is 25.0. The van der Waals surface area contributed by atoms with Crippen molar-refractivity contribution in [1.29, 1.82) is 0 Å². The van der Waals surface area contributed by atoms with Crippen LogP contribution in [0.25, 0.3) is 0 Å². The number of hydrogen-bond acceptors (Lipinski definition) is 0. The second-order valence-corrected chi connectivity index (χ2v) is 2.23. The Hall–Kier alpha value is 1.12. The fraction of sp³-hybridized carbons (Fsp3) is 0. The van der Waals surface area contributed by atoms with E-state index in [1.54, 1.807) is 38.7 Å². The van der Waals surface area contributed by atoms with Gasteiger partial charge in [-0.05, 0) is 0 Å². The Morgan fingerprint density at radius 3 is 1.25 bits per heavy atom. The normalized spacial score (nSPS) is 5.00. The minimum atomic E-state index is 1.55. The molecule has 0 rings (SSSR count). The molecule has 0 bridgehead atoms. The van der Waals surface area contributed by atoms with Crippen molar-refractivity contribution >= 4 is 8.80 Å². The molecule has 4 heavy (non-hydrogen) atoms. The summed E-state index contributed by atoms with van der Waals surface area (Å²) in [6.07, 6.45) is 0. The van der Waals surface area contributed by atoms with Gasteiger partial charge in [0.1, 0.15) is 0 Å². The summed E-state index contributed by atoms with van der Waals surface area (Å²) in [5.41, 5.74) is 0. The van der Waals surface area contributed by atoms with E-state index in [1.165, 1.54) is 0 Å². The Kier molecular flexibility index (Phi) is 5.27. The van der Waals surface area contributed by atoms with Gasteiger partial charge >= 0.3 is 47.5 Å². The van der Waals surface area contributed by atoms with E-state index in [9.17, 15) is 0 Å². The van der Waals surface area contributed by atoms with E-state index in [2.05, 4.69) is 8.80 Å². The van der Waals surface area contributed by atoms with Crippen LogP contribution in [0.2, 0.25) is 0 Å². The molecular formula is C2H2W2. The average Bonchev–Trinajstić information content (AvgIpc) is 1.37. The maximum absolute atomic E-state index is 2.12. The zero-order chi connectivity index (χ0) is 3.41. The molecule has 0 saturated heterocycles. The van der Waals surface area contributed by atoms with Crippen molar-refractivity contribution in [2.75, 3.05) is 0 Å². The molecule has 0 aliphatic carbocycles. The molecule has 0 spiro atoms. The van der Waals surface area contributed by atoms with Crippen LogP contribution in [0.4, 0.5) is 0 Å². The summed E-state index contributed by atoms with van der Waals surface area (Å²) in [5.74, 6) is 0. The third-order valence-corrected chi connectivity index (χ3v) is 3.72. The molecule has 0 nitrogen and oxygen atoms in total. The molecule has 0 aliphatic heterocycles. The van der Waals surface area contributed by atoms with Gasteiger partial charge in [0.25, 0.3) is 0 Å². The van der Waals surface area contributed by atoms with Gasteiger partial charge in [-0.15, -0.1) is 0 Å². The van der Waals surface area contributed by atoms with Gasteiger partial charge in [0.05, 0.1) is 0 Å². The van der Waals surface area contributed by atoms with Gasteiger partial charge in [0, 0.05) is 0 Å². The SMILES string of the molecule is [W]=[CH][CH]=[W]. The van der Waals surface area contributed by atoms with E-state index in [1.807, 2.05) is 0 Å². The summed E-state index contributed by atoms with van der Waals surface area (Å²) < 4.78 is 4.24. The van der Waals surface area contributed by atoms with E-state index in [0.29, 0.717) is 0 Å². The monoisotopic (exact) mass is 394 g/mol. The molecule has 2 heteroatoms. The third kappa shape index (κ3) is 3.12. The maximum atomic E-state index is 2.12. The number of hydrogen-bond donors (Lipinski definition) is 0. The van der Waals surface area contributed by atoms with E-state index in [0.717, 1.165) is 0 Å². The molecule has 0 unspecified atom stereocenters. The first kappa shape index (κ1) is 5.12. The Labute approximate surface area is 47.4 Å². The summed E-state index contributed by atoms with van der Waals surface area (Å²) in [6.45, 7) is 0. The van der Waals surface area contributed by atoms with Gasteiger partial charge in [0.15, 0.2) is 0 Å². The molecular weight excluding hydrogens is 392 g/mol. The average molecular weight is 394 g/mol. The van der Waals surface area contributed by atoms with Gasteiger partial charge in [-0.2, -0.15) is 0 Å². The third-order valence-electron chi connectivity index (χ3n) is 0.0556. The van der Waals surface area contributed by atoms with Crippen LogP contribution < -0.4 is 0 Å². The van der Waals surface area contributed by atoms with Crippen molar-refractivity contribution in [2.24, 2.45) is 0 Å². The zero-order valence-electron chi connectivity index (χ0n) is 1.97. The molecule has 0 aliphatic rings. The Morgan fingerprint density at radius 1 is 1.00 bits per heavy atom. The standard InChI is InChI=1S/C2H2.2W/c1-2;;/h1-2H;;. The van der Waals surface area contributed by atoms with Gasteiger partial charge in [-0.3, -0.25) is 0 Å². The molecule has 0 radical (unpaired) electrons. The predicted molar refractivity (Wildman–Crippen MR) is 12.1 cm³/mol. The van der Waals surface area contributed by atoms with Crippen molar-refractivity contribution in [2.45, 2.75) is 0 Å². The molecule has 0 heterocycles. The molecule has 0 saturated carbocycles. The minimum absolute atomic E-state index is 1.55. The van der Waals surface area contributed by atoms with Gasteiger partial charge in [-0.25, -0.2) is 0 Å². The van der Waals surface area contributed by atoms with Crippen LogP contribution in [0.5, 0.6) is 0 Å². The van der Waals surface area contributed by atoms with Crippen molar-refractivity contribution < 1.29 is 38.7 Å². The molecule has 0 amide bonds. The fourth-order valence-corrected chi connectivity index (χ4v) is 0. The second kappa shape index (κ2) is 4.12. The summed E-state index contributed by atoms with van der Waals surface area (Å²) in [6, 6.07) is 0. The van der Waals surface area contributed by atoms with Gasteiger partial charge in [0.2, 0.25) is 0 Å². The summed E-state index contributed by atoms with van der Waals surface area (Å²) in [7, 11) is 0. The van der Waals surface area contributed by atoms with Crippen LogP contribution in [0.3, 0.4) is 0 Å². The van der Waals surface area contributed by atoms with Crippen molar-refractivity contribution in [3.8, 4) is 0 Å². The second-order valence-electron chi connectivity index (χ2n) is 0.272. The first-order valence-electron chi connectivity index (χ1n) is 0.805. The van der Waals surface area contributed by atoms with Crippen molar-refractivity contribution in [3.63, 3.8) is 0 Å². The topological polar surface area (TPSA) is 0 Å². The molecule has 22 valence electrons. The van der Waals surface area contributed by atoms with Gasteiger partial charge in [-0.1, -0.05) is 0 Å². The Balaban J connectivity index is 2.73. The molecule has 0 fully saturated rings. The fourth-order valence-electron chi connectivity index (χ4n) is 0. The van der Waals surface area contributed by atoms with Gasteiger partial charge < -0.3 is 0 Å². The van der Waals surface area contributed by atoms with E-state index >= 15 is 0 Å². The van der Waals surface area contributed by atoms with Crippen LogP contribution in [-0.4, -0.2) is 8.80 Å². The summed E-state index contributed by atoms with van der Waals surface area (Å²) >= 11 is 3.09. The number of rotatable bonds is 1. The molecule has 0 atom stereocenters. The van der Waals surface area contributed by atoms with Crippen LogP contribution >= 0.6 is 0 Å². The summed E-state index contributed by atoms with van der Waals surface area (Å²) in [5, 5.41) is 0. The molecule has 0 aromatic heterocycles.